The Kier molecular flexibility index (Phi) is 6.51. The number of hydrogen-bond acceptors (Lipinski definition) is 2. The van der Waals surface area contributed by atoms with Gasteiger partial charge in [0.2, 0.25) is 11.8 Å². The van der Waals surface area contributed by atoms with Gasteiger partial charge < -0.3 is 0 Å². The molecule has 3 nitrogen and oxygen atoms in total. The van der Waals surface area contributed by atoms with Gasteiger partial charge in [-0.3, -0.25) is 14.9 Å². The van der Waals surface area contributed by atoms with E-state index in [-0.39, 0.29) is 11.8 Å². The molecule has 2 amide bonds. The first-order valence-electron chi connectivity index (χ1n) is 4.38. The quantitative estimate of drug-likeness (QED) is 0.669. The molecule has 0 rings (SSSR count). The van der Waals surface area contributed by atoms with Gasteiger partial charge >= 0.3 is 0 Å². The molecule has 0 heterocycles. The van der Waals surface area contributed by atoms with E-state index in [1.165, 1.54) is 12.2 Å². The van der Waals surface area contributed by atoms with Crippen LogP contribution in [0.2, 0.25) is 0 Å². The Balaban J connectivity index is 3.85. The normalized spacial score (nSPS) is 10.9. The zero-order valence-corrected chi connectivity index (χ0v) is 8.04. The van der Waals surface area contributed by atoms with Crippen molar-refractivity contribution in [1.29, 1.82) is 0 Å². The highest BCUT2D eigenvalue weighted by Gasteiger charge is 1.98. The number of carbonyl (C=O) groups excluding carboxylic acids is 2. The summed E-state index contributed by atoms with van der Waals surface area (Å²) in [6.07, 6.45) is 7.69. The Bertz CT molecular complexity index is 205. The van der Waals surface area contributed by atoms with E-state index in [0.717, 1.165) is 12.8 Å². The third-order valence-electron chi connectivity index (χ3n) is 1.26. The van der Waals surface area contributed by atoms with E-state index in [0.29, 0.717) is 0 Å². The zero-order valence-electron chi connectivity index (χ0n) is 8.04. The maximum absolute atomic E-state index is 10.9. The Hall–Kier alpha value is -1.38. The molecule has 0 aromatic rings. The molecule has 0 saturated heterocycles. The molecule has 0 atom stereocenters. The first-order valence-corrected chi connectivity index (χ1v) is 4.38. The summed E-state index contributed by atoms with van der Waals surface area (Å²) in [5.74, 6) is -0.736. The van der Waals surface area contributed by atoms with E-state index in [1.54, 1.807) is 12.2 Å². The van der Waals surface area contributed by atoms with E-state index in [1.807, 2.05) is 13.8 Å². The van der Waals surface area contributed by atoms with Crippen LogP contribution in [0.5, 0.6) is 0 Å². The van der Waals surface area contributed by atoms with Crippen molar-refractivity contribution in [1.82, 2.24) is 5.32 Å². The van der Waals surface area contributed by atoms with E-state index in [2.05, 4.69) is 5.32 Å². The summed E-state index contributed by atoms with van der Waals surface area (Å²) in [6.45, 7) is 3.84. The SMILES string of the molecule is CCC=CC(=O)NC(=O)C=CCC. The molecule has 3 heteroatoms. The molecule has 0 aromatic heterocycles. The Morgan fingerprint density at radius 3 is 1.69 bits per heavy atom. The molecule has 0 aliphatic rings. The van der Waals surface area contributed by atoms with Gasteiger partial charge in [-0.15, -0.1) is 0 Å². The van der Waals surface area contributed by atoms with Gasteiger partial charge in [0.15, 0.2) is 0 Å². The van der Waals surface area contributed by atoms with Gasteiger partial charge in [-0.05, 0) is 25.0 Å². The fraction of sp³-hybridized carbons (Fsp3) is 0.400. The lowest BCUT2D eigenvalue weighted by Crippen LogP contribution is -2.26. The lowest BCUT2D eigenvalue weighted by molar-refractivity contribution is -0.125. The van der Waals surface area contributed by atoms with Crippen LogP contribution in [0.15, 0.2) is 24.3 Å². The summed E-state index contributed by atoms with van der Waals surface area (Å²) in [7, 11) is 0. The first-order chi connectivity index (χ1) is 6.20. The zero-order chi connectivity index (χ0) is 10.1. The predicted molar refractivity (Wildman–Crippen MR) is 52.0 cm³/mol. The van der Waals surface area contributed by atoms with E-state index < -0.39 is 0 Å². The lowest BCUT2D eigenvalue weighted by atomic mass is 10.3. The van der Waals surface area contributed by atoms with Crippen LogP contribution in [-0.4, -0.2) is 11.8 Å². The van der Waals surface area contributed by atoms with E-state index in [4.69, 9.17) is 0 Å². The highest BCUT2D eigenvalue weighted by Crippen LogP contribution is 1.82. The highest BCUT2D eigenvalue weighted by atomic mass is 16.2. The monoisotopic (exact) mass is 181 g/mol. The second-order valence-electron chi connectivity index (χ2n) is 2.47. The lowest BCUT2D eigenvalue weighted by Gasteiger charge is -1.93. The second-order valence-corrected chi connectivity index (χ2v) is 2.47. The molecule has 13 heavy (non-hydrogen) atoms. The number of hydrogen-bond donors (Lipinski definition) is 1. The fourth-order valence-corrected chi connectivity index (χ4v) is 0.655. The van der Waals surface area contributed by atoms with Crippen LogP contribution in [-0.2, 0) is 9.59 Å². The van der Waals surface area contributed by atoms with Gasteiger partial charge in [-0.1, -0.05) is 26.0 Å². The molecule has 72 valence electrons. The number of nitrogens with one attached hydrogen (secondary N) is 1. The number of rotatable bonds is 4. The van der Waals surface area contributed by atoms with Crippen LogP contribution in [0.1, 0.15) is 26.7 Å². The highest BCUT2D eigenvalue weighted by molar-refractivity contribution is 6.04. The Morgan fingerprint density at radius 1 is 1.00 bits per heavy atom. The van der Waals surface area contributed by atoms with Gasteiger partial charge in [0.25, 0.3) is 0 Å². The van der Waals surface area contributed by atoms with Crippen LogP contribution in [0.3, 0.4) is 0 Å². The van der Waals surface area contributed by atoms with Gasteiger partial charge in [0.05, 0.1) is 0 Å². The maximum Gasteiger partial charge on any atom is 0.250 e. The Labute approximate surface area is 78.5 Å². The molecular formula is C10H15NO2. The average molecular weight is 181 g/mol. The summed E-state index contributed by atoms with van der Waals surface area (Å²) >= 11 is 0. The van der Waals surface area contributed by atoms with Crippen molar-refractivity contribution in [2.75, 3.05) is 0 Å². The predicted octanol–water partition coefficient (Wildman–Crippen LogP) is 1.56. The number of allylic oxidation sites excluding steroid dienone is 2. The van der Waals surface area contributed by atoms with Crippen molar-refractivity contribution in [2.24, 2.45) is 0 Å². The van der Waals surface area contributed by atoms with E-state index in [9.17, 15) is 9.59 Å². The average Bonchev–Trinajstić information content (AvgIpc) is 2.11. The first kappa shape index (κ1) is 11.6. The number of amides is 2. The number of imide groups is 1. The summed E-state index contributed by atoms with van der Waals surface area (Å²) in [6, 6.07) is 0. The van der Waals surface area contributed by atoms with Gasteiger partial charge in [0, 0.05) is 0 Å². The summed E-state index contributed by atoms with van der Waals surface area (Å²) < 4.78 is 0. The minimum Gasteiger partial charge on any atom is -0.289 e. The largest absolute Gasteiger partial charge is 0.289 e. The molecule has 0 saturated carbocycles. The van der Waals surface area contributed by atoms with Gasteiger partial charge in [-0.25, -0.2) is 0 Å². The van der Waals surface area contributed by atoms with Gasteiger partial charge in [-0.2, -0.15) is 0 Å². The maximum atomic E-state index is 10.9. The number of carbonyl (C=O) groups is 2. The van der Waals surface area contributed by atoms with E-state index >= 15 is 0 Å². The Morgan fingerprint density at radius 2 is 1.38 bits per heavy atom. The topological polar surface area (TPSA) is 46.2 Å². The molecule has 0 radical (unpaired) electrons. The molecule has 0 aromatic carbocycles. The molecule has 0 bridgehead atoms. The second kappa shape index (κ2) is 7.28. The third kappa shape index (κ3) is 7.00. The van der Waals surface area contributed by atoms with Crippen LogP contribution >= 0.6 is 0 Å². The summed E-state index contributed by atoms with van der Waals surface area (Å²) in [5, 5.41) is 2.20. The van der Waals surface area contributed by atoms with Crippen LogP contribution in [0.4, 0.5) is 0 Å². The molecule has 0 fully saturated rings. The van der Waals surface area contributed by atoms with Crippen molar-refractivity contribution >= 4 is 11.8 Å². The van der Waals surface area contributed by atoms with Crippen molar-refractivity contribution in [3.05, 3.63) is 24.3 Å². The fourth-order valence-electron chi connectivity index (χ4n) is 0.655. The molecule has 1 N–H and O–H groups in total. The van der Waals surface area contributed by atoms with Crippen molar-refractivity contribution in [3.8, 4) is 0 Å². The minimum absolute atomic E-state index is 0.368. The molecule has 0 aliphatic carbocycles. The van der Waals surface area contributed by atoms with Crippen LogP contribution < -0.4 is 5.32 Å². The summed E-state index contributed by atoms with van der Waals surface area (Å²) in [4.78, 5) is 21.8. The van der Waals surface area contributed by atoms with Crippen LogP contribution in [0, 0.1) is 0 Å². The molecule has 0 unspecified atom stereocenters. The van der Waals surface area contributed by atoms with Crippen molar-refractivity contribution < 1.29 is 9.59 Å². The van der Waals surface area contributed by atoms with Crippen molar-refractivity contribution in [2.45, 2.75) is 26.7 Å². The summed E-state index contributed by atoms with van der Waals surface area (Å²) in [5.41, 5.74) is 0. The third-order valence-corrected chi connectivity index (χ3v) is 1.26. The minimum atomic E-state index is -0.368. The molecule has 0 spiro atoms. The smallest absolute Gasteiger partial charge is 0.250 e. The van der Waals surface area contributed by atoms with Crippen LogP contribution in [0.25, 0.3) is 0 Å². The molecular weight excluding hydrogens is 166 g/mol. The standard InChI is InChI=1S/C10H15NO2/c1-3-5-7-9(12)11-10(13)8-6-4-2/h5-8H,3-4H2,1-2H3,(H,11,12,13). The van der Waals surface area contributed by atoms with Gasteiger partial charge in [0.1, 0.15) is 0 Å². The molecule has 0 aliphatic heterocycles. The van der Waals surface area contributed by atoms with Crippen molar-refractivity contribution in [3.63, 3.8) is 0 Å².